The first-order valence-corrected chi connectivity index (χ1v) is 3.00. The SMILES string of the molecule is C=C/C=C(/Br)N([CH2-])C.[U]. The average molecular weight is 413 g/mol. The molecule has 0 unspecified atom stereocenters. The van der Waals surface area contributed by atoms with Crippen molar-refractivity contribution in [3.05, 3.63) is 30.4 Å². The minimum absolute atomic E-state index is 0. The van der Waals surface area contributed by atoms with Crippen LogP contribution in [-0.4, -0.2) is 11.9 Å². The third kappa shape index (κ3) is 6.70. The van der Waals surface area contributed by atoms with E-state index in [1.165, 1.54) is 0 Å². The van der Waals surface area contributed by atoms with Crippen LogP contribution in [0.3, 0.4) is 0 Å². The van der Waals surface area contributed by atoms with Gasteiger partial charge in [0.05, 0.1) is 4.61 Å². The van der Waals surface area contributed by atoms with Crippen LogP contribution in [0.25, 0.3) is 0 Å². The number of halogens is 1. The Bertz CT molecular complexity index is 110. The minimum atomic E-state index is 0. The fourth-order valence-electron chi connectivity index (χ4n) is 0.224. The summed E-state index contributed by atoms with van der Waals surface area (Å²) < 4.78 is 0.924. The summed E-state index contributed by atoms with van der Waals surface area (Å²) >= 11 is 3.26. The molecule has 0 saturated carbocycles. The van der Waals surface area contributed by atoms with Crippen LogP contribution in [0.2, 0.25) is 0 Å². The zero-order chi connectivity index (χ0) is 6.57. The first kappa shape index (κ1) is 12.5. The molecule has 0 aliphatic carbocycles. The molecule has 0 radical (unpaired) electrons. The number of hydrogen-bond donors (Lipinski definition) is 0. The van der Waals surface area contributed by atoms with Gasteiger partial charge in [0.1, 0.15) is 0 Å². The average Bonchev–Trinajstić information content (AvgIpc) is 1.67. The van der Waals surface area contributed by atoms with Gasteiger partial charge in [-0.25, -0.2) is 0 Å². The van der Waals surface area contributed by atoms with Crippen LogP contribution in [0.15, 0.2) is 23.3 Å². The second kappa shape index (κ2) is 6.93. The van der Waals surface area contributed by atoms with E-state index in [2.05, 4.69) is 29.6 Å². The van der Waals surface area contributed by atoms with Crippen molar-refractivity contribution in [2.24, 2.45) is 0 Å². The molecule has 0 N–H and O–H groups in total. The van der Waals surface area contributed by atoms with Gasteiger partial charge in [0, 0.05) is 31.1 Å². The predicted molar refractivity (Wildman–Crippen MR) is 40.3 cm³/mol. The molecule has 0 spiro atoms. The smallest absolute Gasteiger partial charge is 0.0507 e. The Morgan fingerprint density at radius 2 is 2.22 bits per heavy atom. The molecule has 0 aliphatic rings. The van der Waals surface area contributed by atoms with Gasteiger partial charge in [-0.1, -0.05) is 12.7 Å². The summed E-state index contributed by atoms with van der Waals surface area (Å²) in [5.74, 6) is 0. The monoisotopic (exact) mass is 412 g/mol. The third-order valence-electron chi connectivity index (χ3n) is 0.620. The molecule has 0 rings (SSSR count). The van der Waals surface area contributed by atoms with Crippen LogP contribution in [-0.2, 0) is 0 Å². The van der Waals surface area contributed by atoms with E-state index in [0.29, 0.717) is 0 Å². The summed E-state index contributed by atoms with van der Waals surface area (Å²) in [5.41, 5.74) is 0. The Morgan fingerprint density at radius 3 is 2.33 bits per heavy atom. The second-order valence-electron chi connectivity index (χ2n) is 1.42. The van der Waals surface area contributed by atoms with E-state index in [1.54, 1.807) is 11.0 Å². The van der Waals surface area contributed by atoms with Crippen molar-refractivity contribution in [1.29, 1.82) is 0 Å². The van der Waals surface area contributed by atoms with Crippen LogP contribution in [0.5, 0.6) is 0 Å². The molecule has 0 atom stereocenters. The molecule has 0 amide bonds. The van der Waals surface area contributed by atoms with Crippen molar-refractivity contribution in [3.63, 3.8) is 0 Å². The minimum Gasteiger partial charge on any atom is -0.522 e. The van der Waals surface area contributed by atoms with Crippen LogP contribution in [0.1, 0.15) is 0 Å². The Kier molecular flexibility index (Phi) is 9.61. The van der Waals surface area contributed by atoms with Gasteiger partial charge in [0.2, 0.25) is 0 Å². The third-order valence-corrected chi connectivity index (χ3v) is 1.49. The van der Waals surface area contributed by atoms with Gasteiger partial charge in [0.25, 0.3) is 0 Å². The molecule has 0 heterocycles. The number of nitrogens with zero attached hydrogens (tertiary/aromatic N) is 1. The fraction of sp³-hybridized carbons (Fsp3) is 0.167. The molecule has 3 heteroatoms. The van der Waals surface area contributed by atoms with Crippen molar-refractivity contribution in [2.45, 2.75) is 0 Å². The topological polar surface area (TPSA) is 3.24 Å². The summed E-state index contributed by atoms with van der Waals surface area (Å²) in [6, 6.07) is 0. The van der Waals surface area contributed by atoms with E-state index >= 15 is 0 Å². The van der Waals surface area contributed by atoms with Crippen LogP contribution in [0, 0.1) is 38.2 Å². The Labute approximate surface area is 88.7 Å². The van der Waals surface area contributed by atoms with Crippen molar-refractivity contribution in [2.75, 3.05) is 7.05 Å². The second-order valence-corrected chi connectivity index (χ2v) is 2.24. The van der Waals surface area contributed by atoms with E-state index in [1.807, 2.05) is 13.1 Å². The van der Waals surface area contributed by atoms with Crippen LogP contribution in [0.4, 0.5) is 0 Å². The van der Waals surface area contributed by atoms with Crippen LogP contribution < -0.4 is 0 Å². The summed E-state index contributed by atoms with van der Waals surface area (Å²) in [7, 11) is 5.48. The maximum Gasteiger partial charge on any atom is 0.0507 e. The first-order chi connectivity index (χ1) is 3.68. The van der Waals surface area contributed by atoms with E-state index < -0.39 is 0 Å². The van der Waals surface area contributed by atoms with E-state index in [9.17, 15) is 0 Å². The summed E-state index contributed by atoms with van der Waals surface area (Å²) in [4.78, 5) is 1.71. The number of allylic oxidation sites excluding steroid dienone is 2. The van der Waals surface area contributed by atoms with Gasteiger partial charge in [0.15, 0.2) is 0 Å². The Balaban J connectivity index is 0. The normalized spacial score (nSPS) is 9.89. The van der Waals surface area contributed by atoms with Crippen LogP contribution >= 0.6 is 15.9 Å². The maximum absolute atomic E-state index is 3.63. The summed E-state index contributed by atoms with van der Waals surface area (Å²) in [6.45, 7) is 3.52. The van der Waals surface area contributed by atoms with Crippen molar-refractivity contribution < 1.29 is 31.1 Å². The standard InChI is InChI=1S/C6H9BrN.U/c1-4-5-6(7)8(2)3;/h4-5H,1-2H2,3H3;/q-1;/b6-5-;. The van der Waals surface area contributed by atoms with Gasteiger partial charge < -0.3 is 4.90 Å². The molecule has 0 aromatic heterocycles. The largest absolute Gasteiger partial charge is 0.522 e. The molecule has 0 aromatic carbocycles. The zero-order valence-corrected chi connectivity index (χ0v) is 11.1. The van der Waals surface area contributed by atoms with Crippen molar-refractivity contribution >= 4 is 15.9 Å². The van der Waals surface area contributed by atoms with Gasteiger partial charge >= 0.3 is 0 Å². The zero-order valence-electron chi connectivity index (χ0n) is 5.39. The Hall–Kier alpha value is 0.812. The molecular formula is C6H9BrNU-. The molecule has 0 bridgehead atoms. The quantitative estimate of drug-likeness (QED) is 0.381. The molecule has 0 aromatic rings. The molecular weight excluding hydrogens is 404 g/mol. The number of hydrogen-bond acceptors (Lipinski definition) is 1. The van der Waals surface area contributed by atoms with E-state index in [-0.39, 0.29) is 31.1 Å². The van der Waals surface area contributed by atoms with Gasteiger partial charge in [-0.2, -0.15) is 0 Å². The summed E-state index contributed by atoms with van der Waals surface area (Å²) in [5, 5.41) is 0. The molecule has 0 saturated heterocycles. The van der Waals surface area contributed by atoms with Gasteiger partial charge in [-0.15, -0.1) is 0 Å². The van der Waals surface area contributed by atoms with E-state index in [4.69, 9.17) is 0 Å². The van der Waals surface area contributed by atoms with E-state index in [0.717, 1.165) is 4.61 Å². The van der Waals surface area contributed by atoms with Gasteiger partial charge in [-0.3, -0.25) is 7.05 Å². The Morgan fingerprint density at radius 1 is 1.78 bits per heavy atom. The molecule has 9 heavy (non-hydrogen) atoms. The summed E-state index contributed by atoms with van der Waals surface area (Å²) in [6.07, 6.45) is 3.53. The van der Waals surface area contributed by atoms with Gasteiger partial charge in [-0.05, 0) is 29.1 Å². The fourth-order valence-corrected chi connectivity index (χ4v) is 0.411. The molecule has 0 fully saturated rings. The van der Waals surface area contributed by atoms with Crippen molar-refractivity contribution in [1.82, 2.24) is 4.90 Å². The molecule has 0 aliphatic heterocycles. The van der Waals surface area contributed by atoms with Crippen molar-refractivity contribution in [3.8, 4) is 0 Å². The molecule has 1 nitrogen and oxygen atoms in total. The predicted octanol–water partition coefficient (Wildman–Crippen LogP) is 2.13. The first-order valence-electron chi connectivity index (χ1n) is 2.21. The maximum atomic E-state index is 3.63. The number of rotatable bonds is 2. The molecule has 50 valence electrons.